The third-order valence-corrected chi connectivity index (χ3v) is 5.32. The zero-order chi connectivity index (χ0) is 13.0. The lowest BCUT2D eigenvalue weighted by Gasteiger charge is -2.37. The molecule has 4 rings (SSSR count). The van der Waals surface area contributed by atoms with Crippen LogP contribution in [-0.4, -0.2) is 23.0 Å². The van der Waals surface area contributed by atoms with E-state index in [4.69, 9.17) is 0 Å². The lowest BCUT2D eigenvalue weighted by atomic mass is 9.91. The van der Waals surface area contributed by atoms with Crippen LogP contribution < -0.4 is 4.90 Å². The molecule has 3 nitrogen and oxygen atoms in total. The molecule has 1 N–H and O–H groups in total. The van der Waals surface area contributed by atoms with Crippen molar-refractivity contribution in [1.29, 1.82) is 0 Å². The average Bonchev–Trinajstić information content (AvgIpc) is 3.08. The molecule has 2 saturated carbocycles. The lowest BCUT2D eigenvalue weighted by Crippen LogP contribution is -2.47. The van der Waals surface area contributed by atoms with Crippen molar-refractivity contribution in [3.05, 3.63) is 29.8 Å². The minimum atomic E-state index is 0.336. The number of hydrogen-bond donors (Lipinski definition) is 1. The van der Waals surface area contributed by atoms with Gasteiger partial charge in [-0.3, -0.25) is 0 Å². The van der Waals surface area contributed by atoms with Crippen LogP contribution in [0.25, 0.3) is 0 Å². The summed E-state index contributed by atoms with van der Waals surface area (Å²) in [6.45, 7) is 2.29. The normalized spacial score (nSPS) is 38.2. The zero-order valence-corrected chi connectivity index (χ0v) is 11.3. The van der Waals surface area contributed by atoms with E-state index in [1.807, 2.05) is 0 Å². The number of rotatable bonds is 1. The van der Waals surface area contributed by atoms with Gasteiger partial charge >= 0.3 is 0 Å². The Morgan fingerprint density at radius 1 is 1.26 bits per heavy atom. The number of hydrogen-bond acceptors (Lipinski definition) is 3. The summed E-state index contributed by atoms with van der Waals surface area (Å²) in [4.78, 5) is 2.52. The highest BCUT2D eigenvalue weighted by molar-refractivity contribution is 5.97. The molecule has 0 unspecified atom stereocenters. The van der Waals surface area contributed by atoms with Crippen molar-refractivity contribution >= 4 is 11.4 Å². The van der Waals surface area contributed by atoms with Gasteiger partial charge in [0.1, 0.15) is 0 Å². The van der Waals surface area contributed by atoms with Crippen LogP contribution >= 0.6 is 0 Å². The maximum Gasteiger partial charge on any atom is 0.0828 e. The summed E-state index contributed by atoms with van der Waals surface area (Å²) in [5.74, 6) is 1.21. The third-order valence-electron chi connectivity index (χ3n) is 5.32. The summed E-state index contributed by atoms with van der Waals surface area (Å²) in [6, 6.07) is 9.54. The molecule has 0 spiro atoms. The number of fused-ring (bicyclic) bond motifs is 3. The molecule has 1 heterocycles. The van der Waals surface area contributed by atoms with Crippen LogP contribution in [0, 0.1) is 11.8 Å². The summed E-state index contributed by atoms with van der Waals surface area (Å²) in [5.41, 5.74) is 3.84. The summed E-state index contributed by atoms with van der Waals surface area (Å²) in [5, 5.41) is 13.1. The molecule has 3 aliphatic rings. The molecule has 2 fully saturated rings. The molecule has 0 amide bonds. The van der Waals surface area contributed by atoms with Crippen molar-refractivity contribution in [1.82, 2.24) is 0 Å². The van der Waals surface area contributed by atoms with Gasteiger partial charge in [0.2, 0.25) is 0 Å². The molecule has 4 atom stereocenters. The molecule has 3 heteroatoms. The standard InChI is InChI=1S/C16H20N2O/c1-10-8-11-4-2-3-5-14(11)18(10)16-13-7-6-12(9-13)15(16)17-19/h2-5,10,12-13,16,19H,6-9H2,1H3/b17-15-/t10-,12-,13-,16-/m0/s1. The Labute approximate surface area is 113 Å². The number of nitrogens with zero attached hydrogens (tertiary/aromatic N) is 2. The van der Waals surface area contributed by atoms with Gasteiger partial charge in [-0.05, 0) is 50.2 Å². The summed E-state index contributed by atoms with van der Waals surface area (Å²) in [7, 11) is 0. The molecule has 0 saturated heterocycles. The second-order valence-corrected chi connectivity index (χ2v) is 6.33. The van der Waals surface area contributed by atoms with Crippen LogP contribution in [0.3, 0.4) is 0 Å². The smallest absolute Gasteiger partial charge is 0.0828 e. The first-order valence-electron chi connectivity index (χ1n) is 7.37. The number of oxime groups is 1. The molecule has 100 valence electrons. The van der Waals surface area contributed by atoms with E-state index in [1.54, 1.807) is 0 Å². The van der Waals surface area contributed by atoms with Crippen molar-refractivity contribution in [3.8, 4) is 0 Å². The molecular weight excluding hydrogens is 236 g/mol. The highest BCUT2D eigenvalue weighted by Gasteiger charge is 2.50. The number of anilines is 1. The van der Waals surface area contributed by atoms with Gasteiger partial charge in [0.15, 0.2) is 0 Å². The monoisotopic (exact) mass is 256 g/mol. The maximum atomic E-state index is 9.41. The Kier molecular flexibility index (Phi) is 2.38. The van der Waals surface area contributed by atoms with Crippen LogP contribution in [0.1, 0.15) is 31.7 Å². The first-order valence-corrected chi connectivity index (χ1v) is 7.37. The number of para-hydroxylation sites is 1. The largest absolute Gasteiger partial charge is 0.411 e. The molecule has 1 aromatic carbocycles. The molecule has 0 aromatic heterocycles. The lowest BCUT2D eigenvalue weighted by molar-refractivity contribution is 0.310. The van der Waals surface area contributed by atoms with Crippen LogP contribution in [0.15, 0.2) is 29.4 Å². The minimum absolute atomic E-state index is 0.336. The molecule has 2 aliphatic carbocycles. The van der Waals surface area contributed by atoms with Crippen LogP contribution in [0.4, 0.5) is 5.69 Å². The quantitative estimate of drug-likeness (QED) is 0.619. The van der Waals surface area contributed by atoms with Gasteiger partial charge in [-0.2, -0.15) is 0 Å². The summed E-state index contributed by atoms with van der Waals surface area (Å²) < 4.78 is 0. The fourth-order valence-corrected chi connectivity index (χ4v) is 4.58. The molecule has 2 bridgehead atoms. The van der Waals surface area contributed by atoms with Crippen molar-refractivity contribution in [2.45, 2.75) is 44.7 Å². The van der Waals surface area contributed by atoms with E-state index in [0.29, 0.717) is 23.9 Å². The van der Waals surface area contributed by atoms with Crippen molar-refractivity contribution < 1.29 is 5.21 Å². The second kappa shape index (κ2) is 3.99. The van der Waals surface area contributed by atoms with Gasteiger partial charge in [-0.15, -0.1) is 0 Å². The molecule has 1 aromatic rings. The SMILES string of the molecule is C[C@H]1Cc2ccccc2N1[C@@H]1/C(=N\O)[C@H]2CC[C@H]1C2. The Bertz CT molecular complexity index is 539. The van der Waals surface area contributed by atoms with Crippen molar-refractivity contribution in [3.63, 3.8) is 0 Å². The van der Waals surface area contributed by atoms with Crippen LogP contribution in [-0.2, 0) is 6.42 Å². The Morgan fingerprint density at radius 2 is 2.11 bits per heavy atom. The first kappa shape index (κ1) is 11.3. The average molecular weight is 256 g/mol. The van der Waals surface area contributed by atoms with E-state index < -0.39 is 0 Å². The topological polar surface area (TPSA) is 35.8 Å². The van der Waals surface area contributed by atoms with E-state index in [1.165, 1.54) is 30.5 Å². The van der Waals surface area contributed by atoms with Gasteiger partial charge in [0.05, 0.1) is 11.8 Å². The molecule has 1 aliphatic heterocycles. The minimum Gasteiger partial charge on any atom is -0.411 e. The highest BCUT2D eigenvalue weighted by atomic mass is 16.4. The predicted octanol–water partition coefficient (Wildman–Crippen LogP) is 3.07. The van der Waals surface area contributed by atoms with E-state index in [0.717, 1.165) is 12.1 Å². The van der Waals surface area contributed by atoms with Gasteiger partial charge in [-0.1, -0.05) is 23.4 Å². The fraction of sp³-hybridized carbons (Fsp3) is 0.562. The summed E-state index contributed by atoms with van der Waals surface area (Å²) >= 11 is 0. The highest BCUT2D eigenvalue weighted by Crippen LogP contribution is 2.48. The van der Waals surface area contributed by atoms with Crippen LogP contribution in [0.5, 0.6) is 0 Å². The van der Waals surface area contributed by atoms with Gasteiger partial charge < -0.3 is 10.1 Å². The Balaban J connectivity index is 1.77. The third kappa shape index (κ3) is 1.47. The molecule has 19 heavy (non-hydrogen) atoms. The van der Waals surface area contributed by atoms with Crippen molar-refractivity contribution in [2.24, 2.45) is 17.0 Å². The van der Waals surface area contributed by atoms with Gasteiger partial charge in [0, 0.05) is 17.6 Å². The first-order chi connectivity index (χ1) is 9.29. The predicted molar refractivity (Wildman–Crippen MR) is 75.9 cm³/mol. The fourth-order valence-electron chi connectivity index (χ4n) is 4.58. The van der Waals surface area contributed by atoms with E-state index >= 15 is 0 Å². The second-order valence-electron chi connectivity index (χ2n) is 6.33. The maximum absolute atomic E-state index is 9.41. The van der Waals surface area contributed by atoms with E-state index in [2.05, 4.69) is 41.2 Å². The van der Waals surface area contributed by atoms with E-state index in [9.17, 15) is 5.21 Å². The molecular formula is C16H20N2O. The Morgan fingerprint density at radius 3 is 2.95 bits per heavy atom. The molecule has 0 radical (unpaired) electrons. The zero-order valence-electron chi connectivity index (χ0n) is 11.3. The van der Waals surface area contributed by atoms with Crippen molar-refractivity contribution in [2.75, 3.05) is 4.90 Å². The Hall–Kier alpha value is -1.51. The van der Waals surface area contributed by atoms with E-state index in [-0.39, 0.29) is 0 Å². The number of benzene rings is 1. The van der Waals surface area contributed by atoms with Gasteiger partial charge in [-0.25, -0.2) is 0 Å². The van der Waals surface area contributed by atoms with Crippen LogP contribution in [0.2, 0.25) is 0 Å². The van der Waals surface area contributed by atoms with Gasteiger partial charge in [0.25, 0.3) is 0 Å². The summed E-state index contributed by atoms with van der Waals surface area (Å²) in [6.07, 6.45) is 4.84.